The maximum absolute atomic E-state index is 11.9. The molecule has 5 heteroatoms. The molecular formula is C13H19NO3S. The summed E-state index contributed by atoms with van der Waals surface area (Å²) >= 11 is 1.62. The molecule has 1 heterocycles. The molecule has 0 aromatic carbocycles. The number of rotatable bonds is 6. The zero-order valence-electron chi connectivity index (χ0n) is 11.0. The molecule has 0 aliphatic rings. The molecule has 0 saturated heterocycles. The van der Waals surface area contributed by atoms with Gasteiger partial charge in [-0.25, -0.2) is 0 Å². The average molecular weight is 269 g/mol. The number of amides is 1. The van der Waals surface area contributed by atoms with E-state index in [0.717, 1.165) is 4.88 Å². The van der Waals surface area contributed by atoms with Crippen LogP contribution in [0.2, 0.25) is 0 Å². The number of hydrogen-bond donors (Lipinski definition) is 0. The lowest BCUT2D eigenvalue weighted by Crippen LogP contribution is -2.29. The highest BCUT2D eigenvalue weighted by molar-refractivity contribution is 7.10. The Hall–Kier alpha value is -1.36. The van der Waals surface area contributed by atoms with Gasteiger partial charge in [-0.15, -0.1) is 11.3 Å². The van der Waals surface area contributed by atoms with E-state index in [1.54, 1.807) is 30.2 Å². The van der Waals surface area contributed by atoms with E-state index in [4.69, 9.17) is 4.74 Å². The van der Waals surface area contributed by atoms with Crippen LogP contribution in [-0.4, -0.2) is 30.4 Å². The van der Waals surface area contributed by atoms with Crippen molar-refractivity contribution in [3.05, 3.63) is 22.4 Å². The van der Waals surface area contributed by atoms with Gasteiger partial charge in [0.05, 0.1) is 19.1 Å². The predicted molar refractivity (Wildman–Crippen MR) is 71.4 cm³/mol. The molecule has 0 fully saturated rings. The third kappa shape index (κ3) is 4.14. The van der Waals surface area contributed by atoms with E-state index in [1.807, 2.05) is 24.4 Å². The quantitative estimate of drug-likeness (QED) is 0.746. The number of carbonyl (C=O) groups is 2. The molecular weight excluding hydrogens is 250 g/mol. The minimum atomic E-state index is -0.317. The molecule has 1 atom stereocenters. The smallest absolute Gasteiger partial charge is 0.306 e. The van der Waals surface area contributed by atoms with E-state index in [0.29, 0.717) is 6.61 Å². The van der Waals surface area contributed by atoms with Crippen molar-refractivity contribution in [2.45, 2.75) is 32.7 Å². The molecule has 0 saturated carbocycles. The fourth-order valence-corrected chi connectivity index (χ4v) is 2.38. The lowest BCUT2D eigenvalue weighted by molar-refractivity contribution is -0.145. The summed E-state index contributed by atoms with van der Waals surface area (Å²) in [6, 6.07) is 4.01. The van der Waals surface area contributed by atoms with Gasteiger partial charge in [-0.2, -0.15) is 0 Å². The second-order valence-electron chi connectivity index (χ2n) is 4.00. The molecule has 4 nitrogen and oxygen atoms in total. The maximum Gasteiger partial charge on any atom is 0.306 e. The van der Waals surface area contributed by atoms with Gasteiger partial charge in [-0.1, -0.05) is 6.07 Å². The first-order valence-electron chi connectivity index (χ1n) is 6.01. The highest BCUT2D eigenvalue weighted by Gasteiger charge is 2.18. The second kappa shape index (κ2) is 7.16. The highest BCUT2D eigenvalue weighted by Crippen LogP contribution is 2.23. The molecule has 0 N–H and O–H groups in total. The molecule has 18 heavy (non-hydrogen) atoms. The first-order chi connectivity index (χ1) is 8.56. The van der Waals surface area contributed by atoms with Gasteiger partial charge < -0.3 is 9.64 Å². The van der Waals surface area contributed by atoms with Crippen LogP contribution in [-0.2, 0) is 14.3 Å². The number of esters is 1. The van der Waals surface area contributed by atoms with E-state index >= 15 is 0 Å². The zero-order chi connectivity index (χ0) is 13.5. The van der Waals surface area contributed by atoms with Crippen LogP contribution in [0.3, 0.4) is 0 Å². The SMILES string of the molecule is CCOC(=O)CCC(=O)N(C)C(C)c1cccs1. The van der Waals surface area contributed by atoms with E-state index in [9.17, 15) is 9.59 Å². The number of hydrogen-bond acceptors (Lipinski definition) is 4. The van der Waals surface area contributed by atoms with Crippen LogP contribution < -0.4 is 0 Å². The van der Waals surface area contributed by atoms with Crippen LogP contribution in [0, 0.1) is 0 Å². The van der Waals surface area contributed by atoms with Crippen molar-refractivity contribution in [1.29, 1.82) is 0 Å². The summed E-state index contributed by atoms with van der Waals surface area (Å²) in [6.07, 6.45) is 0.346. The summed E-state index contributed by atoms with van der Waals surface area (Å²) in [4.78, 5) is 25.9. The summed E-state index contributed by atoms with van der Waals surface area (Å²) in [5.41, 5.74) is 0. The third-order valence-corrected chi connectivity index (χ3v) is 3.82. The summed E-state index contributed by atoms with van der Waals surface area (Å²) in [5, 5.41) is 1.99. The fraction of sp³-hybridized carbons (Fsp3) is 0.538. The van der Waals surface area contributed by atoms with Crippen molar-refractivity contribution in [2.24, 2.45) is 0 Å². The Kier molecular flexibility index (Phi) is 5.85. The van der Waals surface area contributed by atoms with Crippen molar-refractivity contribution in [2.75, 3.05) is 13.7 Å². The first-order valence-corrected chi connectivity index (χ1v) is 6.89. The molecule has 0 bridgehead atoms. The van der Waals surface area contributed by atoms with Crippen molar-refractivity contribution < 1.29 is 14.3 Å². The van der Waals surface area contributed by atoms with Crippen LogP contribution in [0.5, 0.6) is 0 Å². The van der Waals surface area contributed by atoms with Crippen LogP contribution in [0.4, 0.5) is 0 Å². The summed E-state index contributed by atoms with van der Waals surface area (Å²) in [5.74, 6) is -0.355. The maximum atomic E-state index is 11.9. The third-order valence-electron chi connectivity index (χ3n) is 2.78. The summed E-state index contributed by atoms with van der Waals surface area (Å²) in [7, 11) is 1.76. The Morgan fingerprint density at radius 2 is 2.17 bits per heavy atom. The average Bonchev–Trinajstić information content (AvgIpc) is 2.88. The minimum absolute atomic E-state index is 0.0380. The summed E-state index contributed by atoms with van der Waals surface area (Å²) in [6.45, 7) is 4.09. The van der Waals surface area contributed by atoms with E-state index in [-0.39, 0.29) is 30.8 Å². The van der Waals surface area contributed by atoms with Gasteiger partial charge in [0.25, 0.3) is 0 Å². The standard InChI is InChI=1S/C13H19NO3S/c1-4-17-13(16)8-7-12(15)14(3)10(2)11-6-5-9-18-11/h5-6,9-10H,4,7-8H2,1-3H3. The van der Waals surface area contributed by atoms with E-state index < -0.39 is 0 Å². The topological polar surface area (TPSA) is 46.6 Å². The Bertz CT molecular complexity index is 389. The fourth-order valence-electron chi connectivity index (χ4n) is 1.55. The molecule has 0 spiro atoms. The molecule has 0 aliphatic heterocycles. The largest absolute Gasteiger partial charge is 0.466 e. The van der Waals surface area contributed by atoms with Gasteiger partial charge >= 0.3 is 5.97 Å². The van der Waals surface area contributed by atoms with E-state index in [1.165, 1.54) is 0 Å². The molecule has 1 amide bonds. The minimum Gasteiger partial charge on any atom is -0.466 e. The second-order valence-corrected chi connectivity index (χ2v) is 4.98. The Balaban J connectivity index is 2.44. The van der Waals surface area contributed by atoms with Gasteiger partial charge in [-0.05, 0) is 25.3 Å². The van der Waals surface area contributed by atoms with E-state index in [2.05, 4.69) is 0 Å². The normalized spacial score (nSPS) is 11.9. The van der Waals surface area contributed by atoms with Gasteiger partial charge in [-0.3, -0.25) is 9.59 Å². The zero-order valence-corrected chi connectivity index (χ0v) is 11.8. The number of carbonyl (C=O) groups excluding carboxylic acids is 2. The van der Waals surface area contributed by atoms with Gasteiger partial charge in [0.1, 0.15) is 0 Å². The first kappa shape index (κ1) is 14.7. The monoisotopic (exact) mass is 269 g/mol. The van der Waals surface area contributed by atoms with Crippen molar-refractivity contribution in [3.63, 3.8) is 0 Å². The molecule has 1 unspecified atom stereocenters. The highest BCUT2D eigenvalue weighted by atomic mass is 32.1. The Morgan fingerprint density at radius 1 is 1.44 bits per heavy atom. The van der Waals surface area contributed by atoms with Gasteiger partial charge in [0.15, 0.2) is 0 Å². The van der Waals surface area contributed by atoms with Crippen molar-refractivity contribution in [1.82, 2.24) is 4.90 Å². The van der Waals surface area contributed by atoms with Crippen LogP contribution in [0.15, 0.2) is 17.5 Å². The van der Waals surface area contributed by atoms with Gasteiger partial charge in [0.2, 0.25) is 5.91 Å². The molecule has 1 rings (SSSR count). The Morgan fingerprint density at radius 3 is 2.72 bits per heavy atom. The molecule has 1 aromatic rings. The summed E-state index contributed by atoms with van der Waals surface area (Å²) < 4.78 is 4.80. The van der Waals surface area contributed by atoms with Crippen LogP contribution in [0.25, 0.3) is 0 Å². The lowest BCUT2D eigenvalue weighted by atomic mass is 10.2. The number of thiophene rings is 1. The molecule has 1 aromatic heterocycles. The van der Waals surface area contributed by atoms with Crippen LogP contribution >= 0.6 is 11.3 Å². The molecule has 100 valence electrons. The predicted octanol–water partition coefficient (Wildman–Crippen LogP) is 2.61. The number of ether oxygens (including phenoxy) is 1. The molecule has 0 aliphatic carbocycles. The van der Waals surface area contributed by atoms with Crippen LogP contribution in [0.1, 0.15) is 37.6 Å². The number of nitrogens with zero attached hydrogens (tertiary/aromatic N) is 1. The van der Waals surface area contributed by atoms with Gasteiger partial charge in [0, 0.05) is 18.3 Å². The van der Waals surface area contributed by atoms with Crippen molar-refractivity contribution >= 4 is 23.2 Å². The lowest BCUT2D eigenvalue weighted by Gasteiger charge is -2.24. The molecule has 0 radical (unpaired) electrons. The Labute approximate surface area is 112 Å². The van der Waals surface area contributed by atoms with Crippen molar-refractivity contribution in [3.8, 4) is 0 Å².